The van der Waals surface area contributed by atoms with E-state index in [0.717, 1.165) is 33.5 Å². The van der Waals surface area contributed by atoms with Gasteiger partial charge in [-0.3, -0.25) is 14.5 Å². The van der Waals surface area contributed by atoms with Crippen LogP contribution in [0.25, 0.3) is 0 Å². The van der Waals surface area contributed by atoms with E-state index < -0.39 is 5.54 Å². The molecule has 0 N–H and O–H groups in total. The largest absolute Gasteiger partial charge is 0.269 e. The van der Waals surface area contributed by atoms with Gasteiger partial charge in [0.05, 0.1) is 9.81 Å². The fourth-order valence-corrected chi connectivity index (χ4v) is 9.61. The van der Waals surface area contributed by atoms with Crippen molar-refractivity contribution in [3.8, 4) is 0 Å². The SMILES string of the molecule is C[C@@H]1CCC2CCCC(CCC2)SC2=C(SC3CCCC(CC3)[C@@H]1C)C(=O)N(C(C)(C)C)C2=O. The molecule has 5 rings (SSSR count). The lowest BCUT2D eigenvalue weighted by Crippen LogP contribution is -2.46. The summed E-state index contributed by atoms with van der Waals surface area (Å²) in [6.45, 7) is 11.0. The van der Waals surface area contributed by atoms with Crippen LogP contribution in [0.1, 0.15) is 118 Å². The fraction of sp³-hybridized carbons (Fsp3) is 0.862. The van der Waals surface area contributed by atoms with Crippen LogP contribution < -0.4 is 0 Å². The second-order valence-corrected chi connectivity index (χ2v) is 15.3. The highest BCUT2D eigenvalue weighted by Gasteiger charge is 2.46. The lowest BCUT2D eigenvalue weighted by atomic mass is 9.76. The first-order valence-electron chi connectivity index (χ1n) is 14.1. The maximum Gasteiger partial charge on any atom is 0.269 e. The van der Waals surface area contributed by atoms with Gasteiger partial charge < -0.3 is 0 Å². The third-order valence-corrected chi connectivity index (χ3v) is 12.1. The molecule has 5 heteroatoms. The molecular weight excluding hydrogens is 458 g/mol. The molecular formula is C29H47NO2S2. The molecule has 34 heavy (non-hydrogen) atoms. The number of fused-ring (bicyclic) bond motifs is 7. The average molecular weight is 506 g/mol. The van der Waals surface area contributed by atoms with E-state index in [4.69, 9.17) is 0 Å². The van der Waals surface area contributed by atoms with Gasteiger partial charge in [0.2, 0.25) is 0 Å². The molecule has 2 unspecified atom stereocenters. The van der Waals surface area contributed by atoms with E-state index >= 15 is 0 Å². The van der Waals surface area contributed by atoms with Crippen molar-refractivity contribution in [3.63, 3.8) is 0 Å². The van der Waals surface area contributed by atoms with Gasteiger partial charge in [0.25, 0.3) is 11.8 Å². The zero-order valence-corrected chi connectivity index (χ0v) is 23.9. The van der Waals surface area contributed by atoms with Gasteiger partial charge in [0, 0.05) is 16.0 Å². The molecule has 0 radical (unpaired) electrons. The van der Waals surface area contributed by atoms with Crippen molar-refractivity contribution in [1.82, 2.24) is 4.90 Å². The molecule has 0 saturated heterocycles. The first-order valence-corrected chi connectivity index (χ1v) is 15.9. The summed E-state index contributed by atoms with van der Waals surface area (Å²) in [5.41, 5.74) is -0.479. The molecule has 2 saturated carbocycles. The Bertz CT molecular complexity index is 775. The lowest BCUT2D eigenvalue weighted by Gasteiger charge is -2.31. The van der Waals surface area contributed by atoms with Crippen LogP contribution in [-0.4, -0.2) is 32.8 Å². The Labute approximate surface area is 217 Å². The molecule has 5 aliphatic rings. The van der Waals surface area contributed by atoms with Crippen molar-refractivity contribution < 1.29 is 9.59 Å². The highest BCUT2D eigenvalue weighted by molar-refractivity contribution is 8.08. The van der Waals surface area contributed by atoms with Crippen LogP contribution in [0.15, 0.2) is 9.81 Å². The summed E-state index contributed by atoms with van der Waals surface area (Å²) in [5, 5.41) is 0.931. The quantitative estimate of drug-likeness (QED) is 0.311. The number of carbonyl (C=O) groups is 2. The maximum absolute atomic E-state index is 13.6. The van der Waals surface area contributed by atoms with Gasteiger partial charge in [0.1, 0.15) is 0 Å². The van der Waals surface area contributed by atoms with Crippen molar-refractivity contribution in [3.05, 3.63) is 9.81 Å². The third-order valence-electron chi connectivity index (χ3n) is 9.15. The topological polar surface area (TPSA) is 37.4 Å². The zero-order valence-electron chi connectivity index (χ0n) is 22.2. The minimum absolute atomic E-state index is 0.0307. The van der Waals surface area contributed by atoms with Crippen LogP contribution in [0.2, 0.25) is 0 Å². The summed E-state index contributed by atoms with van der Waals surface area (Å²) in [7, 11) is 0. The highest BCUT2D eigenvalue weighted by Crippen LogP contribution is 2.47. The molecule has 0 aromatic heterocycles. The molecule has 2 amide bonds. The number of hydrogen-bond donors (Lipinski definition) is 0. The molecule has 3 heterocycles. The van der Waals surface area contributed by atoms with E-state index in [1.54, 1.807) is 28.4 Å². The standard InChI is InChI=1S/C29H47NO2S2/c1-19-15-16-21-9-6-12-23(13-7-10-21)33-25-26(28(32)30(27(25)31)29(3,4)5)34-24-14-8-11-22(17-18-24)20(19)2/h19-24H,6-18H2,1-5H3/t19-,20-,21?,22?,23?,24?/m1/s1. The van der Waals surface area contributed by atoms with E-state index in [1.807, 2.05) is 20.8 Å². The Morgan fingerprint density at radius 2 is 1.21 bits per heavy atom. The van der Waals surface area contributed by atoms with E-state index in [9.17, 15) is 9.59 Å². The summed E-state index contributed by atoms with van der Waals surface area (Å²) in [6, 6.07) is 0. The Morgan fingerprint density at radius 3 is 1.76 bits per heavy atom. The van der Waals surface area contributed by atoms with Crippen LogP contribution in [0, 0.1) is 23.7 Å². The molecule has 4 bridgehead atoms. The first-order chi connectivity index (χ1) is 16.1. The highest BCUT2D eigenvalue weighted by atomic mass is 32.2. The van der Waals surface area contributed by atoms with E-state index in [-0.39, 0.29) is 11.8 Å². The van der Waals surface area contributed by atoms with Crippen LogP contribution in [-0.2, 0) is 9.59 Å². The summed E-state index contributed by atoms with van der Waals surface area (Å²) >= 11 is 3.52. The normalized spacial score (nSPS) is 36.9. The molecule has 3 aliphatic heterocycles. The Hall–Kier alpha value is -0.420. The van der Waals surface area contributed by atoms with Crippen LogP contribution in [0.3, 0.4) is 0 Å². The van der Waals surface area contributed by atoms with Crippen molar-refractivity contribution in [2.75, 3.05) is 0 Å². The number of hydrogen-bond acceptors (Lipinski definition) is 4. The van der Waals surface area contributed by atoms with E-state index in [2.05, 4.69) is 13.8 Å². The second-order valence-electron chi connectivity index (χ2n) is 12.7. The van der Waals surface area contributed by atoms with Crippen molar-refractivity contribution in [2.24, 2.45) is 23.7 Å². The Kier molecular flexibility index (Phi) is 8.87. The van der Waals surface area contributed by atoms with E-state index in [1.165, 1.54) is 83.5 Å². The van der Waals surface area contributed by atoms with Crippen molar-refractivity contribution in [1.29, 1.82) is 0 Å². The maximum atomic E-state index is 13.6. The molecule has 2 fully saturated rings. The average Bonchev–Trinajstić information content (AvgIpc) is 2.90. The second kappa shape index (κ2) is 11.3. The van der Waals surface area contributed by atoms with Crippen molar-refractivity contribution in [2.45, 2.75) is 134 Å². The predicted octanol–water partition coefficient (Wildman–Crippen LogP) is 8.19. The number of carbonyl (C=O) groups excluding carboxylic acids is 2. The minimum atomic E-state index is -0.479. The summed E-state index contributed by atoms with van der Waals surface area (Å²) < 4.78 is 0. The molecule has 3 nitrogen and oxygen atoms in total. The summed E-state index contributed by atoms with van der Waals surface area (Å²) in [6.07, 6.45) is 16.6. The molecule has 0 aromatic rings. The first kappa shape index (κ1) is 26.6. The number of imide groups is 1. The van der Waals surface area contributed by atoms with Gasteiger partial charge in [-0.1, -0.05) is 65.2 Å². The lowest BCUT2D eigenvalue weighted by molar-refractivity contribution is -0.142. The van der Waals surface area contributed by atoms with Crippen molar-refractivity contribution >= 4 is 35.3 Å². The van der Waals surface area contributed by atoms with Gasteiger partial charge >= 0.3 is 0 Å². The molecule has 0 spiro atoms. The number of nitrogens with zero attached hydrogens (tertiary/aromatic N) is 1. The summed E-state index contributed by atoms with van der Waals surface area (Å²) in [4.78, 5) is 30.3. The van der Waals surface area contributed by atoms with Gasteiger partial charge in [-0.25, -0.2) is 0 Å². The Balaban J connectivity index is 1.64. The third kappa shape index (κ3) is 6.10. The monoisotopic (exact) mass is 505 g/mol. The summed E-state index contributed by atoms with van der Waals surface area (Å²) in [5.74, 6) is 3.22. The van der Waals surface area contributed by atoms with Gasteiger partial charge in [-0.15, -0.1) is 23.5 Å². The number of rotatable bonds is 0. The van der Waals surface area contributed by atoms with E-state index in [0.29, 0.717) is 10.5 Å². The van der Waals surface area contributed by atoms with Gasteiger partial charge in [0.15, 0.2) is 0 Å². The molecule has 192 valence electrons. The molecule has 2 aliphatic carbocycles. The van der Waals surface area contributed by atoms with Gasteiger partial charge in [-0.2, -0.15) is 0 Å². The van der Waals surface area contributed by atoms with Crippen LogP contribution in [0.5, 0.6) is 0 Å². The van der Waals surface area contributed by atoms with Gasteiger partial charge in [-0.05, 0) is 76.5 Å². The smallest absolute Gasteiger partial charge is 0.268 e. The minimum Gasteiger partial charge on any atom is -0.268 e. The van der Waals surface area contributed by atoms with Crippen LogP contribution in [0.4, 0.5) is 0 Å². The molecule has 4 atom stereocenters. The molecule has 0 aromatic carbocycles. The zero-order chi connectivity index (χ0) is 24.5. The number of amides is 2. The number of thioether (sulfide) groups is 2. The Morgan fingerprint density at radius 1 is 0.676 bits per heavy atom. The predicted molar refractivity (Wildman–Crippen MR) is 147 cm³/mol. The van der Waals surface area contributed by atoms with Crippen LogP contribution >= 0.6 is 23.5 Å². The fourth-order valence-electron chi connectivity index (χ4n) is 6.77.